The van der Waals surface area contributed by atoms with Crippen LogP contribution in [-0.2, 0) is 14.8 Å². The van der Waals surface area contributed by atoms with Gasteiger partial charge in [0.15, 0.2) is 0 Å². The first-order valence-electron chi connectivity index (χ1n) is 6.75. The molecule has 0 heterocycles. The average molecular weight is 442 g/mol. The van der Waals surface area contributed by atoms with Crippen LogP contribution in [0, 0.1) is 0 Å². The summed E-state index contributed by atoms with van der Waals surface area (Å²) in [6.45, 7) is -0.497. The van der Waals surface area contributed by atoms with Crippen LogP contribution in [0.25, 0.3) is 0 Å². The van der Waals surface area contributed by atoms with E-state index >= 15 is 0 Å². The Kier molecular flexibility index (Phi) is 6.45. The molecule has 0 fully saturated rings. The molecule has 0 atom stereocenters. The van der Waals surface area contributed by atoms with Crippen LogP contribution >= 0.6 is 46.4 Å². The van der Waals surface area contributed by atoms with E-state index in [1.165, 1.54) is 36.4 Å². The number of nitrogens with zero attached hydrogens (tertiary/aromatic N) is 1. The number of carbonyl (C=O) groups is 1. The summed E-state index contributed by atoms with van der Waals surface area (Å²) in [6, 6.07) is 9.00. The molecule has 0 radical (unpaired) electrons. The highest BCUT2D eigenvalue weighted by atomic mass is 35.5. The Morgan fingerprint density at radius 2 is 1.68 bits per heavy atom. The standard InChI is InChI=1S/C15H12Cl4N2O3S/c1-25(23,24)21(13-4-2-3-12(18)15(13)19)8-14(22)20-11-6-9(16)5-10(17)7-11/h2-7H,8H2,1H3,(H,20,22). The second-order valence-electron chi connectivity index (χ2n) is 5.05. The fourth-order valence-electron chi connectivity index (χ4n) is 2.02. The van der Waals surface area contributed by atoms with Gasteiger partial charge in [0.2, 0.25) is 15.9 Å². The van der Waals surface area contributed by atoms with Gasteiger partial charge in [0.25, 0.3) is 0 Å². The van der Waals surface area contributed by atoms with Crippen molar-refractivity contribution < 1.29 is 13.2 Å². The third kappa shape index (κ3) is 5.39. The molecule has 2 aromatic rings. The van der Waals surface area contributed by atoms with Crippen molar-refractivity contribution in [1.82, 2.24) is 0 Å². The van der Waals surface area contributed by atoms with Crippen LogP contribution < -0.4 is 9.62 Å². The number of sulfonamides is 1. The Morgan fingerprint density at radius 3 is 2.24 bits per heavy atom. The van der Waals surface area contributed by atoms with Crippen LogP contribution in [0.5, 0.6) is 0 Å². The van der Waals surface area contributed by atoms with Crippen molar-refractivity contribution in [2.75, 3.05) is 22.4 Å². The zero-order chi connectivity index (χ0) is 18.8. The molecule has 0 aromatic heterocycles. The van der Waals surface area contributed by atoms with Gasteiger partial charge in [-0.3, -0.25) is 9.10 Å². The number of anilines is 2. The minimum atomic E-state index is -3.78. The highest BCUT2D eigenvalue weighted by molar-refractivity contribution is 7.92. The molecule has 25 heavy (non-hydrogen) atoms. The van der Waals surface area contributed by atoms with Crippen molar-refractivity contribution in [3.8, 4) is 0 Å². The number of benzene rings is 2. The topological polar surface area (TPSA) is 66.5 Å². The van der Waals surface area contributed by atoms with E-state index in [0.29, 0.717) is 15.7 Å². The summed E-state index contributed by atoms with van der Waals surface area (Å²) in [5.74, 6) is -0.597. The maximum atomic E-state index is 12.3. The van der Waals surface area contributed by atoms with Gasteiger partial charge in [0, 0.05) is 15.7 Å². The van der Waals surface area contributed by atoms with Crippen molar-refractivity contribution in [2.24, 2.45) is 0 Å². The van der Waals surface area contributed by atoms with E-state index in [9.17, 15) is 13.2 Å². The summed E-state index contributed by atoms with van der Waals surface area (Å²) in [5.41, 5.74) is 0.448. The van der Waals surface area contributed by atoms with E-state index in [2.05, 4.69) is 5.32 Å². The van der Waals surface area contributed by atoms with Gasteiger partial charge in [0.1, 0.15) is 6.54 Å². The molecule has 0 saturated heterocycles. The monoisotopic (exact) mass is 440 g/mol. The van der Waals surface area contributed by atoms with Crippen LogP contribution in [-0.4, -0.2) is 27.1 Å². The van der Waals surface area contributed by atoms with Gasteiger partial charge >= 0.3 is 0 Å². The quantitative estimate of drug-likeness (QED) is 0.730. The highest BCUT2D eigenvalue weighted by Crippen LogP contribution is 2.33. The highest BCUT2D eigenvalue weighted by Gasteiger charge is 2.24. The third-order valence-electron chi connectivity index (χ3n) is 3.03. The third-order valence-corrected chi connectivity index (χ3v) is 5.41. The van der Waals surface area contributed by atoms with Crippen LogP contribution in [0.3, 0.4) is 0 Å². The van der Waals surface area contributed by atoms with Crippen LogP contribution in [0.1, 0.15) is 0 Å². The summed E-state index contributed by atoms with van der Waals surface area (Å²) in [7, 11) is -3.78. The Balaban J connectivity index is 2.29. The molecule has 0 saturated carbocycles. The number of halogens is 4. The minimum absolute atomic E-state index is 0.0354. The molecule has 2 aromatic carbocycles. The fourth-order valence-corrected chi connectivity index (χ4v) is 3.86. The second kappa shape index (κ2) is 8.01. The fraction of sp³-hybridized carbons (Fsp3) is 0.133. The number of amides is 1. The predicted molar refractivity (Wildman–Crippen MR) is 104 cm³/mol. The maximum Gasteiger partial charge on any atom is 0.245 e. The van der Waals surface area contributed by atoms with Crippen LogP contribution in [0.15, 0.2) is 36.4 Å². The minimum Gasteiger partial charge on any atom is -0.324 e. The second-order valence-corrected chi connectivity index (χ2v) is 8.61. The van der Waals surface area contributed by atoms with Gasteiger partial charge in [-0.25, -0.2) is 8.42 Å². The molecule has 0 aliphatic rings. The van der Waals surface area contributed by atoms with Gasteiger partial charge in [-0.15, -0.1) is 0 Å². The molecule has 1 amide bonds. The van der Waals surface area contributed by atoms with E-state index in [1.807, 2.05) is 0 Å². The van der Waals surface area contributed by atoms with Crippen molar-refractivity contribution in [1.29, 1.82) is 0 Å². The summed E-state index contributed by atoms with van der Waals surface area (Å²) < 4.78 is 25.1. The SMILES string of the molecule is CS(=O)(=O)N(CC(=O)Nc1cc(Cl)cc(Cl)c1)c1cccc(Cl)c1Cl. The molecule has 0 unspecified atom stereocenters. The molecule has 0 spiro atoms. The lowest BCUT2D eigenvalue weighted by Crippen LogP contribution is -2.37. The Morgan fingerprint density at radius 1 is 1.08 bits per heavy atom. The number of hydrogen-bond acceptors (Lipinski definition) is 3. The molecule has 0 bridgehead atoms. The Bertz CT molecular complexity index is 899. The smallest absolute Gasteiger partial charge is 0.245 e. The average Bonchev–Trinajstić information content (AvgIpc) is 2.46. The van der Waals surface area contributed by atoms with Crippen molar-refractivity contribution in [2.45, 2.75) is 0 Å². The van der Waals surface area contributed by atoms with Crippen molar-refractivity contribution >= 4 is 73.7 Å². The molecule has 134 valence electrons. The Labute approximate surface area is 165 Å². The van der Waals surface area contributed by atoms with Gasteiger partial charge in [0.05, 0.1) is 22.0 Å². The summed E-state index contributed by atoms with van der Waals surface area (Å²) >= 11 is 23.7. The molecule has 1 N–H and O–H groups in total. The predicted octanol–water partition coefficient (Wildman–Crippen LogP) is 4.70. The van der Waals surface area contributed by atoms with Crippen LogP contribution in [0.2, 0.25) is 20.1 Å². The summed E-state index contributed by atoms with van der Waals surface area (Å²) in [5, 5.41) is 3.42. The van der Waals surface area contributed by atoms with E-state index in [0.717, 1.165) is 10.6 Å². The summed E-state index contributed by atoms with van der Waals surface area (Å²) in [6.07, 6.45) is 0.966. The number of hydrogen-bond donors (Lipinski definition) is 1. The van der Waals surface area contributed by atoms with Gasteiger partial charge in [-0.2, -0.15) is 0 Å². The van der Waals surface area contributed by atoms with Crippen LogP contribution in [0.4, 0.5) is 11.4 Å². The van der Waals surface area contributed by atoms with Gasteiger partial charge in [-0.05, 0) is 30.3 Å². The molecular weight excluding hydrogens is 430 g/mol. The van der Waals surface area contributed by atoms with E-state index < -0.39 is 22.5 Å². The lowest BCUT2D eigenvalue weighted by atomic mass is 10.3. The number of rotatable bonds is 5. The molecule has 2 rings (SSSR count). The molecule has 10 heteroatoms. The Hall–Kier alpha value is -1.18. The largest absolute Gasteiger partial charge is 0.324 e. The molecular formula is C15H12Cl4N2O3S. The zero-order valence-electron chi connectivity index (χ0n) is 12.8. The first kappa shape index (κ1) is 20.1. The lowest BCUT2D eigenvalue weighted by molar-refractivity contribution is -0.114. The molecule has 5 nitrogen and oxygen atoms in total. The van der Waals surface area contributed by atoms with E-state index in [1.54, 1.807) is 0 Å². The normalized spacial score (nSPS) is 11.2. The lowest BCUT2D eigenvalue weighted by Gasteiger charge is -2.23. The number of nitrogens with one attached hydrogen (secondary N) is 1. The first-order valence-corrected chi connectivity index (χ1v) is 10.1. The van der Waals surface area contributed by atoms with Gasteiger partial charge in [-0.1, -0.05) is 52.5 Å². The van der Waals surface area contributed by atoms with Gasteiger partial charge < -0.3 is 5.32 Å². The number of carbonyl (C=O) groups excluding carboxylic acids is 1. The maximum absolute atomic E-state index is 12.3. The van der Waals surface area contributed by atoms with Crippen molar-refractivity contribution in [3.05, 3.63) is 56.5 Å². The molecule has 0 aliphatic carbocycles. The van der Waals surface area contributed by atoms with Crippen molar-refractivity contribution in [3.63, 3.8) is 0 Å². The van der Waals surface area contributed by atoms with E-state index in [-0.39, 0.29) is 15.7 Å². The molecule has 0 aliphatic heterocycles. The summed E-state index contributed by atoms with van der Waals surface area (Å²) in [4.78, 5) is 12.3. The zero-order valence-corrected chi connectivity index (χ0v) is 16.6. The first-order chi connectivity index (χ1) is 11.6. The van der Waals surface area contributed by atoms with E-state index in [4.69, 9.17) is 46.4 Å².